The predicted octanol–water partition coefficient (Wildman–Crippen LogP) is 6.30. The zero-order chi connectivity index (χ0) is 16.2. The number of rotatable bonds is 1. The van der Waals surface area contributed by atoms with Crippen LogP contribution in [-0.2, 0) is 0 Å². The fourth-order valence-electron chi connectivity index (χ4n) is 8.27. The van der Waals surface area contributed by atoms with Crippen molar-refractivity contribution in [2.24, 2.45) is 46.3 Å². The molecule has 0 radical (unpaired) electrons. The molecule has 0 amide bonds. The van der Waals surface area contributed by atoms with E-state index in [2.05, 4.69) is 26.7 Å². The van der Waals surface area contributed by atoms with Crippen LogP contribution >= 0.6 is 0 Å². The van der Waals surface area contributed by atoms with Crippen molar-refractivity contribution >= 4 is 0 Å². The van der Waals surface area contributed by atoms with Gasteiger partial charge in [-0.2, -0.15) is 0 Å². The van der Waals surface area contributed by atoms with Crippen LogP contribution in [0.1, 0.15) is 85.0 Å². The van der Waals surface area contributed by atoms with Crippen LogP contribution in [0.3, 0.4) is 0 Å². The largest absolute Gasteiger partial charge is 0.120 e. The van der Waals surface area contributed by atoms with Gasteiger partial charge in [0, 0.05) is 5.92 Å². The van der Waals surface area contributed by atoms with Crippen LogP contribution in [0.2, 0.25) is 0 Å². The third kappa shape index (κ3) is 2.18. The van der Waals surface area contributed by atoms with E-state index in [0.29, 0.717) is 16.7 Å². The van der Waals surface area contributed by atoms with Gasteiger partial charge >= 0.3 is 0 Å². The van der Waals surface area contributed by atoms with Gasteiger partial charge in [0.15, 0.2) is 0 Å². The van der Waals surface area contributed by atoms with E-state index in [4.69, 9.17) is 6.42 Å². The molecule has 0 saturated heterocycles. The van der Waals surface area contributed by atoms with Crippen molar-refractivity contribution in [3.63, 3.8) is 0 Å². The van der Waals surface area contributed by atoms with E-state index in [1.807, 2.05) is 0 Å². The van der Waals surface area contributed by atoms with Gasteiger partial charge in [-0.3, -0.25) is 0 Å². The highest BCUT2D eigenvalue weighted by Gasteiger charge is 2.59. The maximum Gasteiger partial charge on any atom is 0.0205 e. The molecule has 4 fully saturated rings. The summed E-state index contributed by atoms with van der Waals surface area (Å²) in [4.78, 5) is 0. The molecular weight excluding hydrogens is 276 g/mol. The Bertz CT molecular complexity index is 499. The fourth-order valence-corrected chi connectivity index (χ4v) is 8.27. The quantitative estimate of drug-likeness (QED) is 0.498. The van der Waals surface area contributed by atoms with E-state index in [-0.39, 0.29) is 0 Å². The lowest BCUT2D eigenvalue weighted by molar-refractivity contribution is -0.112. The van der Waals surface area contributed by atoms with Crippen LogP contribution in [0, 0.1) is 58.7 Å². The monoisotopic (exact) mass is 312 g/mol. The second-order valence-electron chi connectivity index (χ2n) is 10.1. The summed E-state index contributed by atoms with van der Waals surface area (Å²) in [7, 11) is 0. The molecular formula is C23H36. The average molecular weight is 313 g/mol. The summed E-state index contributed by atoms with van der Waals surface area (Å²) >= 11 is 0. The molecule has 0 aliphatic heterocycles. The van der Waals surface area contributed by atoms with E-state index in [1.54, 1.807) is 0 Å². The number of fused-ring (bicyclic) bond motifs is 5. The van der Waals surface area contributed by atoms with E-state index in [0.717, 1.165) is 29.6 Å². The third-order valence-corrected chi connectivity index (χ3v) is 9.52. The molecule has 0 aromatic heterocycles. The van der Waals surface area contributed by atoms with Crippen LogP contribution in [0.15, 0.2) is 0 Å². The molecule has 0 heterocycles. The molecule has 0 spiro atoms. The van der Waals surface area contributed by atoms with Crippen LogP contribution in [0.5, 0.6) is 0 Å². The molecule has 4 aliphatic carbocycles. The minimum absolute atomic E-state index is 0.475. The first-order valence-electron chi connectivity index (χ1n) is 10.5. The topological polar surface area (TPSA) is 0 Å². The van der Waals surface area contributed by atoms with Crippen molar-refractivity contribution in [1.29, 1.82) is 0 Å². The number of terminal acetylenes is 1. The second-order valence-corrected chi connectivity index (χ2v) is 10.1. The zero-order valence-corrected chi connectivity index (χ0v) is 15.6. The molecule has 4 aliphatic rings. The Morgan fingerprint density at radius 3 is 2.43 bits per heavy atom. The first kappa shape index (κ1) is 16.1. The van der Waals surface area contributed by atoms with E-state index in [9.17, 15) is 0 Å². The highest BCUT2D eigenvalue weighted by atomic mass is 14.6. The highest BCUT2D eigenvalue weighted by molar-refractivity contribution is 5.11. The van der Waals surface area contributed by atoms with Gasteiger partial charge in [-0.1, -0.05) is 33.6 Å². The fraction of sp³-hybridized carbons (Fsp3) is 0.913. The maximum atomic E-state index is 5.82. The molecule has 0 bridgehead atoms. The Morgan fingerprint density at radius 1 is 0.870 bits per heavy atom. The number of hydrogen-bond acceptors (Lipinski definition) is 0. The molecule has 0 N–H and O–H groups in total. The van der Waals surface area contributed by atoms with E-state index < -0.39 is 0 Å². The Kier molecular flexibility index (Phi) is 3.87. The van der Waals surface area contributed by atoms with Crippen molar-refractivity contribution in [3.8, 4) is 12.3 Å². The summed E-state index contributed by atoms with van der Waals surface area (Å²) in [6.45, 7) is 7.62. The van der Waals surface area contributed by atoms with Gasteiger partial charge in [0.05, 0.1) is 0 Å². The molecule has 8 atom stereocenters. The predicted molar refractivity (Wildman–Crippen MR) is 97.8 cm³/mol. The molecule has 0 nitrogen and oxygen atoms in total. The summed E-state index contributed by atoms with van der Waals surface area (Å²) in [5.74, 6) is 8.42. The molecule has 1 unspecified atom stereocenters. The van der Waals surface area contributed by atoms with Gasteiger partial charge in [0.2, 0.25) is 0 Å². The molecule has 0 aromatic rings. The van der Waals surface area contributed by atoms with Gasteiger partial charge in [0.1, 0.15) is 0 Å². The average Bonchev–Trinajstić information content (AvgIpc) is 2.91. The van der Waals surface area contributed by atoms with Crippen LogP contribution in [0.4, 0.5) is 0 Å². The molecule has 23 heavy (non-hydrogen) atoms. The Hall–Kier alpha value is -0.440. The van der Waals surface area contributed by atoms with Crippen LogP contribution < -0.4 is 0 Å². The molecule has 0 aromatic carbocycles. The van der Waals surface area contributed by atoms with Crippen LogP contribution in [-0.4, -0.2) is 0 Å². The Labute approximate surface area is 144 Å². The Morgan fingerprint density at radius 2 is 1.65 bits per heavy atom. The van der Waals surface area contributed by atoms with Gasteiger partial charge < -0.3 is 0 Å². The third-order valence-electron chi connectivity index (χ3n) is 9.52. The minimum Gasteiger partial charge on any atom is -0.120 e. The lowest BCUT2D eigenvalue weighted by Gasteiger charge is -2.60. The van der Waals surface area contributed by atoms with Crippen LogP contribution in [0.25, 0.3) is 0 Å². The van der Waals surface area contributed by atoms with Crippen molar-refractivity contribution in [2.45, 2.75) is 85.0 Å². The summed E-state index contributed by atoms with van der Waals surface area (Å²) < 4.78 is 0. The van der Waals surface area contributed by atoms with Gasteiger partial charge in [0.25, 0.3) is 0 Å². The molecule has 4 rings (SSSR count). The lowest BCUT2D eigenvalue weighted by Crippen LogP contribution is -2.53. The van der Waals surface area contributed by atoms with Crippen molar-refractivity contribution < 1.29 is 0 Å². The summed E-state index contributed by atoms with van der Waals surface area (Å²) in [5, 5.41) is 0. The summed E-state index contributed by atoms with van der Waals surface area (Å²) in [6, 6.07) is 0. The Balaban J connectivity index is 1.62. The lowest BCUT2D eigenvalue weighted by atomic mass is 9.44. The first-order chi connectivity index (χ1) is 11.0. The van der Waals surface area contributed by atoms with Gasteiger partial charge in [-0.15, -0.1) is 12.3 Å². The van der Waals surface area contributed by atoms with Crippen molar-refractivity contribution in [3.05, 3.63) is 0 Å². The molecule has 4 saturated carbocycles. The summed E-state index contributed by atoms with van der Waals surface area (Å²) in [6.07, 6.45) is 20.7. The van der Waals surface area contributed by atoms with Gasteiger partial charge in [-0.25, -0.2) is 0 Å². The normalized spacial score (nSPS) is 53.6. The number of hydrogen-bond donors (Lipinski definition) is 0. The van der Waals surface area contributed by atoms with E-state index in [1.165, 1.54) is 64.2 Å². The summed E-state index contributed by atoms with van der Waals surface area (Å²) in [5.41, 5.74) is 1.23. The molecule has 0 heteroatoms. The minimum atomic E-state index is 0.475. The van der Waals surface area contributed by atoms with Crippen molar-refractivity contribution in [2.75, 3.05) is 0 Å². The van der Waals surface area contributed by atoms with Crippen molar-refractivity contribution in [1.82, 2.24) is 0 Å². The standard InChI is InChI=1S/C23H36/c1-5-16(2)19-11-12-20-18-10-9-17-8-6-7-14-22(17,3)21(18)13-15-23(19,20)4/h1,16-21H,6-15H2,2-4H3/t16-,17?,18+,19-,20+,21+,22+,23-/m1/s1. The highest BCUT2D eigenvalue weighted by Crippen LogP contribution is 2.68. The SMILES string of the molecule is C#C[C@@H](C)[C@H]1CC[C@H]2[C@@H]3CCC4CCCC[C@]4(C)[C@H]3CC[C@]12C. The second kappa shape index (κ2) is 5.54. The maximum absolute atomic E-state index is 5.82. The van der Waals surface area contributed by atoms with E-state index >= 15 is 0 Å². The zero-order valence-electron chi connectivity index (χ0n) is 15.6. The van der Waals surface area contributed by atoms with Gasteiger partial charge in [-0.05, 0) is 91.8 Å². The molecule has 128 valence electrons. The smallest absolute Gasteiger partial charge is 0.0205 e. The first-order valence-corrected chi connectivity index (χ1v) is 10.5.